The lowest BCUT2D eigenvalue weighted by molar-refractivity contribution is -0.172. The fourth-order valence-corrected chi connectivity index (χ4v) is 0.353. The summed E-state index contributed by atoms with van der Waals surface area (Å²) < 4.78 is 35.4. The number of halogens is 3. The van der Waals surface area contributed by atoms with Gasteiger partial charge in [-0.3, -0.25) is 0 Å². The highest BCUT2D eigenvalue weighted by Crippen LogP contribution is 2.39. The molecule has 0 spiro atoms. The second-order valence-corrected chi connectivity index (χ2v) is 2.63. The Balaban J connectivity index is 4.23. The summed E-state index contributed by atoms with van der Waals surface area (Å²) in [5.74, 6) is -1.68. The van der Waals surface area contributed by atoms with E-state index in [0.717, 1.165) is 13.8 Å². The largest absolute Gasteiger partial charge is 0.390 e. The van der Waals surface area contributed by atoms with Gasteiger partial charge in [-0.05, 0) is 0 Å². The Morgan fingerprint density at radius 2 is 1.50 bits per heavy atom. The number of hydrogen-bond acceptors (Lipinski definition) is 0. The topological polar surface area (TPSA) is 0 Å². The quantitative estimate of drug-likeness (QED) is 0.493. The van der Waals surface area contributed by atoms with Crippen molar-refractivity contribution in [2.75, 3.05) is 0 Å². The number of alkyl halides is 3. The van der Waals surface area contributed by atoms with Crippen molar-refractivity contribution < 1.29 is 13.2 Å². The minimum absolute atomic E-state index is 0.958. The molecule has 10 heavy (non-hydrogen) atoms. The van der Waals surface area contributed by atoms with Crippen LogP contribution in [0.2, 0.25) is 5.21 Å². The second-order valence-electron chi connectivity index (χ2n) is 2.63. The van der Waals surface area contributed by atoms with E-state index < -0.39 is 17.3 Å². The standard InChI is InChI=1S/C5H7B2F3/c1-3(4(2,6)7)5(8,9)10/h3H,1-2H3. The molecular formula is C5H7B2F3. The van der Waals surface area contributed by atoms with E-state index in [1.807, 2.05) is 0 Å². The maximum absolute atomic E-state index is 11.8. The predicted molar refractivity (Wildman–Crippen MR) is 35.1 cm³/mol. The highest BCUT2D eigenvalue weighted by molar-refractivity contribution is 6.39. The van der Waals surface area contributed by atoms with E-state index >= 15 is 0 Å². The highest BCUT2D eigenvalue weighted by atomic mass is 19.4. The third-order valence-corrected chi connectivity index (χ3v) is 1.42. The van der Waals surface area contributed by atoms with E-state index in [0.29, 0.717) is 0 Å². The van der Waals surface area contributed by atoms with Crippen LogP contribution in [0.15, 0.2) is 0 Å². The molecule has 0 bridgehead atoms. The minimum Gasteiger partial charge on any atom is -0.171 e. The van der Waals surface area contributed by atoms with Gasteiger partial charge in [0.05, 0.1) is 15.7 Å². The highest BCUT2D eigenvalue weighted by Gasteiger charge is 2.42. The zero-order valence-electron chi connectivity index (χ0n) is 5.87. The van der Waals surface area contributed by atoms with Gasteiger partial charge in [-0.1, -0.05) is 19.1 Å². The maximum atomic E-state index is 11.8. The molecule has 5 heteroatoms. The molecule has 0 saturated heterocycles. The third-order valence-electron chi connectivity index (χ3n) is 1.42. The van der Waals surface area contributed by atoms with Crippen LogP contribution in [0.4, 0.5) is 13.2 Å². The van der Waals surface area contributed by atoms with Gasteiger partial charge in [0, 0.05) is 5.92 Å². The molecule has 0 aromatic carbocycles. The summed E-state index contributed by atoms with van der Waals surface area (Å²) in [6.45, 7) is 2.10. The van der Waals surface area contributed by atoms with Crippen molar-refractivity contribution in [3.63, 3.8) is 0 Å². The van der Waals surface area contributed by atoms with Crippen LogP contribution in [0.5, 0.6) is 0 Å². The Morgan fingerprint density at radius 3 is 1.50 bits per heavy atom. The van der Waals surface area contributed by atoms with Gasteiger partial charge < -0.3 is 0 Å². The van der Waals surface area contributed by atoms with Gasteiger partial charge >= 0.3 is 6.18 Å². The Bertz CT molecular complexity index is 99.0. The number of rotatable bonds is 1. The molecule has 0 N–H and O–H groups in total. The summed E-state index contributed by atoms with van der Waals surface area (Å²) in [5, 5.41) is -1.68. The smallest absolute Gasteiger partial charge is 0.171 e. The molecule has 0 aliphatic carbocycles. The average molecular weight is 146 g/mol. The fraction of sp³-hybridized carbons (Fsp3) is 1.00. The SMILES string of the molecule is [B]C([B])(C)C(C)C(F)(F)F. The van der Waals surface area contributed by atoms with Crippen molar-refractivity contribution in [3.05, 3.63) is 0 Å². The molecule has 1 unspecified atom stereocenters. The van der Waals surface area contributed by atoms with Gasteiger partial charge in [0.1, 0.15) is 0 Å². The predicted octanol–water partition coefficient (Wildman–Crippen LogP) is 1.66. The van der Waals surface area contributed by atoms with Crippen molar-refractivity contribution in [1.82, 2.24) is 0 Å². The molecule has 0 rings (SSSR count). The molecule has 0 amide bonds. The van der Waals surface area contributed by atoms with Crippen LogP contribution in [0.3, 0.4) is 0 Å². The van der Waals surface area contributed by atoms with Crippen LogP contribution >= 0.6 is 0 Å². The summed E-state index contributed by atoms with van der Waals surface area (Å²) in [6.07, 6.45) is -4.31. The molecule has 0 saturated carbocycles. The monoisotopic (exact) mass is 146 g/mol. The van der Waals surface area contributed by atoms with Gasteiger partial charge in [-0.25, -0.2) is 0 Å². The Hall–Kier alpha value is -0.0801. The lowest BCUT2D eigenvalue weighted by atomic mass is 9.50. The van der Waals surface area contributed by atoms with E-state index in [1.54, 1.807) is 0 Å². The molecule has 0 heterocycles. The van der Waals surface area contributed by atoms with Crippen LogP contribution in [-0.4, -0.2) is 21.9 Å². The van der Waals surface area contributed by atoms with Gasteiger partial charge in [0.25, 0.3) is 0 Å². The Kier molecular flexibility index (Phi) is 2.49. The third kappa shape index (κ3) is 2.67. The van der Waals surface area contributed by atoms with Gasteiger partial charge in [0.15, 0.2) is 0 Å². The van der Waals surface area contributed by atoms with Gasteiger partial charge in [-0.2, -0.15) is 13.2 Å². The molecule has 0 aliphatic heterocycles. The minimum atomic E-state index is -4.31. The maximum Gasteiger partial charge on any atom is 0.390 e. The van der Waals surface area contributed by atoms with E-state index in [1.165, 1.54) is 0 Å². The molecule has 1 atom stereocenters. The lowest BCUT2D eigenvalue weighted by Gasteiger charge is -2.29. The van der Waals surface area contributed by atoms with Crippen molar-refractivity contribution >= 4 is 15.7 Å². The molecule has 0 aromatic rings. The second kappa shape index (κ2) is 2.51. The average Bonchev–Trinajstić information content (AvgIpc) is 1.59. The first kappa shape index (κ1) is 9.92. The molecule has 0 aromatic heterocycles. The van der Waals surface area contributed by atoms with Gasteiger partial charge in [-0.15, -0.1) is 0 Å². The Labute approximate surface area is 61.0 Å². The van der Waals surface area contributed by atoms with E-state index in [2.05, 4.69) is 0 Å². The lowest BCUT2D eigenvalue weighted by Crippen LogP contribution is -2.31. The zero-order chi connectivity index (χ0) is 8.58. The Morgan fingerprint density at radius 1 is 1.20 bits per heavy atom. The zero-order valence-corrected chi connectivity index (χ0v) is 5.87. The van der Waals surface area contributed by atoms with Crippen molar-refractivity contribution in [3.8, 4) is 0 Å². The van der Waals surface area contributed by atoms with Crippen LogP contribution in [0.25, 0.3) is 0 Å². The fourth-order valence-electron chi connectivity index (χ4n) is 0.353. The molecule has 0 nitrogen and oxygen atoms in total. The molecule has 54 valence electrons. The summed E-state index contributed by atoms with van der Waals surface area (Å²) in [6, 6.07) is 0. The van der Waals surface area contributed by atoms with Crippen molar-refractivity contribution in [2.45, 2.75) is 25.2 Å². The van der Waals surface area contributed by atoms with Crippen molar-refractivity contribution in [1.29, 1.82) is 0 Å². The van der Waals surface area contributed by atoms with Crippen LogP contribution in [-0.2, 0) is 0 Å². The normalized spacial score (nSPS) is 16.9. The van der Waals surface area contributed by atoms with Crippen LogP contribution < -0.4 is 0 Å². The van der Waals surface area contributed by atoms with Gasteiger partial charge in [0.2, 0.25) is 0 Å². The van der Waals surface area contributed by atoms with E-state index in [-0.39, 0.29) is 0 Å². The van der Waals surface area contributed by atoms with Crippen molar-refractivity contribution in [2.24, 2.45) is 5.92 Å². The number of hydrogen-bond donors (Lipinski definition) is 0. The summed E-state index contributed by atoms with van der Waals surface area (Å²) in [5.41, 5.74) is 0. The van der Waals surface area contributed by atoms with Crippen LogP contribution in [0, 0.1) is 5.92 Å². The molecule has 4 radical (unpaired) electrons. The van der Waals surface area contributed by atoms with E-state index in [9.17, 15) is 13.2 Å². The first-order valence-electron chi connectivity index (χ1n) is 2.80. The summed E-state index contributed by atoms with van der Waals surface area (Å²) in [7, 11) is 10.0. The molecule has 0 aliphatic rings. The first-order chi connectivity index (χ1) is 4.15. The van der Waals surface area contributed by atoms with Crippen LogP contribution in [0.1, 0.15) is 13.8 Å². The van der Waals surface area contributed by atoms with E-state index in [4.69, 9.17) is 15.7 Å². The first-order valence-corrected chi connectivity index (χ1v) is 2.80. The molecular weight excluding hydrogens is 139 g/mol. The summed E-state index contributed by atoms with van der Waals surface area (Å²) in [4.78, 5) is 0. The molecule has 0 fully saturated rings. The summed E-state index contributed by atoms with van der Waals surface area (Å²) >= 11 is 0.